The lowest BCUT2D eigenvalue weighted by molar-refractivity contribution is -0.138. The van der Waals surface area contributed by atoms with Crippen molar-refractivity contribution in [2.24, 2.45) is 4.99 Å². The summed E-state index contributed by atoms with van der Waals surface area (Å²) in [4.78, 5) is 28.6. The second kappa shape index (κ2) is 8.00. The molecule has 2 atom stereocenters. The lowest BCUT2D eigenvalue weighted by atomic mass is 10.2. The van der Waals surface area contributed by atoms with Crippen LogP contribution in [0.25, 0.3) is 0 Å². The van der Waals surface area contributed by atoms with Crippen molar-refractivity contribution in [1.82, 2.24) is 0 Å². The zero-order chi connectivity index (χ0) is 20.5. The van der Waals surface area contributed by atoms with E-state index >= 15 is 0 Å². The van der Waals surface area contributed by atoms with Gasteiger partial charge < -0.3 is 19.5 Å². The second-order valence-corrected chi connectivity index (χ2v) is 9.75. The van der Waals surface area contributed by atoms with Gasteiger partial charge in [0.05, 0.1) is 38.2 Å². The predicted octanol–water partition coefficient (Wildman–Crippen LogP) is 1.17. The lowest BCUT2D eigenvalue weighted by Gasteiger charge is -2.25. The average Bonchev–Trinajstić information content (AvgIpc) is 3.10. The van der Waals surface area contributed by atoms with Gasteiger partial charge in [0, 0.05) is 23.4 Å². The summed E-state index contributed by atoms with van der Waals surface area (Å²) in [7, 11) is -0.180. The summed E-state index contributed by atoms with van der Waals surface area (Å²) in [5, 5.41) is 8.86. The molecule has 0 saturated carbocycles. The Morgan fingerprint density at radius 2 is 1.93 bits per heavy atom. The van der Waals surface area contributed by atoms with Gasteiger partial charge in [-0.2, -0.15) is 4.99 Å². The number of carbonyl (C=O) groups excluding carboxylic acids is 1. The number of ether oxygens (including phenoxy) is 2. The van der Waals surface area contributed by atoms with E-state index < -0.39 is 21.7 Å². The number of hydrogen-bond acceptors (Lipinski definition) is 7. The Morgan fingerprint density at radius 1 is 1.21 bits per heavy atom. The number of carboxylic acids is 1. The fourth-order valence-electron chi connectivity index (χ4n) is 3.22. The van der Waals surface area contributed by atoms with E-state index in [4.69, 9.17) is 14.6 Å². The van der Waals surface area contributed by atoms with Gasteiger partial charge in [0.1, 0.15) is 0 Å². The van der Waals surface area contributed by atoms with Crippen LogP contribution in [-0.4, -0.2) is 67.6 Å². The van der Waals surface area contributed by atoms with Crippen molar-refractivity contribution in [3.05, 3.63) is 18.2 Å². The van der Waals surface area contributed by atoms with E-state index in [0.29, 0.717) is 22.4 Å². The van der Waals surface area contributed by atoms with Gasteiger partial charge >= 0.3 is 5.97 Å². The highest BCUT2D eigenvalue weighted by Crippen LogP contribution is 2.43. The van der Waals surface area contributed by atoms with Crippen molar-refractivity contribution in [3.8, 4) is 11.5 Å². The number of aliphatic carboxylic acids is 1. The zero-order valence-corrected chi connectivity index (χ0v) is 17.0. The third-order valence-electron chi connectivity index (χ3n) is 4.48. The maximum atomic E-state index is 12.1. The number of thioether (sulfide) groups is 1. The van der Waals surface area contributed by atoms with Crippen LogP contribution < -0.4 is 14.4 Å². The van der Waals surface area contributed by atoms with Crippen molar-refractivity contribution in [2.45, 2.75) is 24.1 Å². The van der Waals surface area contributed by atoms with E-state index in [9.17, 15) is 18.0 Å². The van der Waals surface area contributed by atoms with E-state index in [1.165, 1.54) is 26.0 Å². The van der Waals surface area contributed by atoms with Gasteiger partial charge in [-0.25, -0.2) is 8.42 Å². The highest BCUT2D eigenvalue weighted by Gasteiger charge is 2.49. The summed E-state index contributed by atoms with van der Waals surface area (Å²) >= 11 is 1.23. The van der Waals surface area contributed by atoms with E-state index in [1.54, 1.807) is 23.1 Å². The summed E-state index contributed by atoms with van der Waals surface area (Å²) in [5.41, 5.74) is 0.625. The number of aliphatic imine (C=N–C) groups is 1. The molecule has 2 fully saturated rings. The number of carbonyl (C=O) groups is 2. The molecular weight excluding hydrogens is 408 g/mol. The molecule has 1 amide bonds. The summed E-state index contributed by atoms with van der Waals surface area (Å²) in [5.74, 6) is -0.684. The number of methoxy groups -OCH3 is 2. The van der Waals surface area contributed by atoms with Crippen molar-refractivity contribution in [2.75, 3.05) is 30.6 Å². The number of nitrogens with zero attached hydrogens (tertiary/aromatic N) is 2. The van der Waals surface area contributed by atoms with Gasteiger partial charge in [0.25, 0.3) is 0 Å². The summed E-state index contributed by atoms with van der Waals surface area (Å²) in [6.45, 7) is 0. The molecule has 9 nitrogen and oxygen atoms in total. The van der Waals surface area contributed by atoms with E-state index in [1.807, 2.05) is 0 Å². The first-order valence-electron chi connectivity index (χ1n) is 8.45. The Labute approximate surface area is 166 Å². The molecular formula is C17H20N2O7S2. The molecule has 1 N–H and O–H groups in total. The molecule has 2 aliphatic heterocycles. The van der Waals surface area contributed by atoms with Gasteiger partial charge in [0.15, 0.2) is 26.5 Å². The summed E-state index contributed by atoms with van der Waals surface area (Å²) in [6, 6.07) is 4.77. The standard InChI is InChI=1S/C17H20N2O7S2/c1-25-12-4-3-10(7-13(12)26-2)19-11-8-28(23,24)9-14(11)27-17(19)18-15(20)5-6-16(21)22/h3-4,7,11,14H,5-6,8-9H2,1-2H3,(H,21,22)/t11-,14+/m0/s1. The number of sulfone groups is 1. The van der Waals surface area contributed by atoms with Crippen LogP contribution in [0.4, 0.5) is 5.69 Å². The molecule has 1 aromatic rings. The first kappa shape index (κ1) is 20.5. The minimum atomic E-state index is -3.18. The Hall–Kier alpha value is -2.27. The van der Waals surface area contributed by atoms with Crippen molar-refractivity contribution in [1.29, 1.82) is 0 Å². The van der Waals surface area contributed by atoms with Crippen LogP contribution in [-0.2, 0) is 19.4 Å². The zero-order valence-electron chi connectivity index (χ0n) is 15.3. The first-order chi connectivity index (χ1) is 13.2. The van der Waals surface area contributed by atoms with Crippen molar-refractivity contribution >= 4 is 44.3 Å². The topological polar surface area (TPSA) is 123 Å². The number of benzene rings is 1. The van der Waals surface area contributed by atoms with E-state index in [-0.39, 0.29) is 35.6 Å². The van der Waals surface area contributed by atoms with E-state index in [2.05, 4.69) is 4.99 Å². The third-order valence-corrected chi connectivity index (χ3v) is 7.69. The number of amidine groups is 1. The largest absolute Gasteiger partial charge is 0.493 e. The Kier molecular flexibility index (Phi) is 5.84. The normalized spacial score (nSPS) is 24.2. The predicted molar refractivity (Wildman–Crippen MR) is 105 cm³/mol. The van der Waals surface area contributed by atoms with E-state index in [0.717, 1.165) is 0 Å². The third kappa shape index (κ3) is 4.25. The molecule has 0 bridgehead atoms. The lowest BCUT2D eigenvalue weighted by Crippen LogP contribution is -2.37. The van der Waals surface area contributed by atoms with Gasteiger partial charge in [-0.05, 0) is 12.1 Å². The Balaban J connectivity index is 1.96. The minimum Gasteiger partial charge on any atom is -0.493 e. The number of hydrogen-bond donors (Lipinski definition) is 1. The van der Waals surface area contributed by atoms with Gasteiger partial charge in [-0.15, -0.1) is 0 Å². The van der Waals surface area contributed by atoms with Crippen LogP contribution in [0.5, 0.6) is 11.5 Å². The average molecular weight is 428 g/mol. The molecule has 2 saturated heterocycles. The molecule has 2 heterocycles. The van der Waals surface area contributed by atoms with Crippen LogP contribution in [0.2, 0.25) is 0 Å². The Morgan fingerprint density at radius 3 is 2.57 bits per heavy atom. The maximum absolute atomic E-state index is 12.1. The highest BCUT2D eigenvalue weighted by atomic mass is 32.2. The van der Waals surface area contributed by atoms with Crippen molar-refractivity contribution < 1.29 is 32.6 Å². The minimum absolute atomic E-state index is 0.00839. The van der Waals surface area contributed by atoms with Gasteiger partial charge in [-0.1, -0.05) is 11.8 Å². The van der Waals surface area contributed by atoms with Gasteiger partial charge in [-0.3, -0.25) is 9.59 Å². The molecule has 0 aromatic heterocycles. The molecule has 152 valence electrons. The molecule has 3 rings (SSSR count). The maximum Gasteiger partial charge on any atom is 0.303 e. The van der Waals surface area contributed by atoms with Crippen molar-refractivity contribution in [3.63, 3.8) is 0 Å². The smallest absolute Gasteiger partial charge is 0.303 e. The number of carboxylic acid groups (broad SMARTS) is 1. The molecule has 0 radical (unpaired) electrons. The quantitative estimate of drug-likeness (QED) is 0.711. The fraction of sp³-hybridized carbons (Fsp3) is 0.471. The SMILES string of the molecule is COc1ccc(N2C(=NC(=O)CCC(=O)O)S[C@@H]3CS(=O)(=O)C[C@@H]32)cc1OC. The number of rotatable bonds is 6. The monoisotopic (exact) mass is 428 g/mol. The van der Waals surface area contributed by atoms with Crippen LogP contribution in [0.15, 0.2) is 23.2 Å². The molecule has 0 spiro atoms. The Bertz CT molecular complexity index is 929. The molecule has 2 aliphatic rings. The molecule has 0 aliphatic carbocycles. The fourth-order valence-corrected chi connectivity index (χ4v) is 7.15. The van der Waals surface area contributed by atoms with Crippen LogP contribution in [0.1, 0.15) is 12.8 Å². The van der Waals surface area contributed by atoms with Gasteiger partial charge in [0.2, 0.25) is 5.91 Å². The first-order valence-corrected chi connectivity index (χ1v) is 11.2. The molecule has 11 heteroatoms. The van der Waals surface area contributed by atoms with Crippen LogP contribution in [0.3, 0.4) is 0 Å². The number of amides is 1. The second-order valence-electron chi connectivity index (χ2n) is 6.39. The molecule has 28 heavy (non-hydrogen) atoms. The number of anilines is 1. The van der Waals surface area contributed by atoms with Crippen LogP contribution in [0, 0.1) is 0 Å². The summed E-state index contributed by atoms with van der Waals surface area (Å²) < 4.78 is 34.7. The number of fused-ring (bicyclic) bond motifs is 1. The highest BCUT2D eigenvalue weighted by molar-refractivity contribution is 8.16. The summed E-state index contributed by atoms with van der Waals surface area (Å²) in [6.07, 6.45) is -0.523. The molecule has 0 unspecified atom stereocenters. The molecule has 1 aromatic carbocycles. The van der Waals surface area contributed by atoms with Crippen LogP contribution >= 0.6 is 11.8 Å².